The summed E-state index contributed by atoms with van der Waals surface area (Å²) in [5.41, 5.74) is 1.32. The SMILES string of the molecule is CC(C)(NS(=O)(=O)c1ccc2c(c1)CC(=O)N2)c1cccnc1. The van der Waals surface area contributed by atoms with Gasteiger partial charge >= 0.3 is 0 Å². The number of sulfonamides is 1. The fraction of sp³-hybridized carbons (Fsp3) is 0.250. The first kappa shape index (κ1) is 15.6. The summed E-state index contributed by atoms with van der Waals surface area (Å²) < 4.78 is 28.0. The van der Waals surface area contributed by atoms with Gasteiger partial charge in [-0.25, -0.2) is 13.1 Å². The van der Waals surface area contributed by atoms with Crippen molar-refractivity contribution >= 4 is 21.6 Å². The smallest absolute Gasteiger partial charge is 0.241 e. The van der Waals surface area contributed by atoms with E-state index in [0.717, 1.165) is 5.56 Å². The van der Waals surface area contributed by atoms with Gasteiger partial charge in [0.1, 0.15) is 0 Å². The van der Waals surface area contributed by atoms with Gasteiger partial charge in [-0.3, -0.25) is 9.78 Å². The van der Waals surface area contributed by atoms with Gasteiger partial charge < -0.3 is 5.32 Å². The first-order valence-corrected chi connectivity index (χ1v) is 8.63. The van der Waals surface area contributed by atoms with E-state index in [2.05, 4.69) is 15.0 Å². The molecule has 0 spiro atoms. The molecule has 2 heterocycles. The molecule has 6 nitrogen and oxygen atoms in total. The number of anilines is 1. The van der Waals surface area contributed by atoms with Crippen molar-refractivity contribution in [3.8, 4) is 0 Å². The molecular weight excluding hydrogens is 314 g/mol. The quantitative estimate of drug-likeness (QED) is 0.894. The van der Waals surface area contributed by atoms with Gasteiger partial charge in [0.15, 0.2) is 0 Å². The maximum atomic E-state index is 12.7. The molecule has 0 aliphatic carbocycles. The summed E-state index contributed by atoms with van der Waals surface area (Å²) in [5, 5.41) is 2.69. The molecule has 1 aliphatic rings. The molecule has 0 atom stereocenters. The van der Waals surface area contributed by atoms with Crippen molar-refractivity contribution in [2.24, 2.45) is 0 Å². The van der Waals surface area contributed by atoms with Crippen LogP contribution in [0.1, 0.15) is 25.0 Å². The Morgan fingerprint density at radius 2 is 2.04 bits per heavy atom. The molecule has 0 fully saturated rings. The van der Waals surface area contributed by atoms with Crippen molar-refractivity contribution in [2.75, 3.05) is 5.32 Å². The lowest BCUT2D eigenvalue weighted by Crippen LogP contribution is -2.40. The second kappa shape index (κ2) is 5.43. The van der Waals surface area contributed by atoms with Crippen LogP contribution in [0.2, 0.25) is 0 Å². The zero-order chi connectivity index (χ0) is 16.7. The Labute approximate surface area is 135 Å². The zero-order valence-corrected chi connectivity index (χ0v) is 13.6. The summed E-state index contributed by atoms with van der Waals surface area (Å²) in [4.78, 5) is 15.6. The highest BCUT2D eigenvalue weighted by atomic mass is 32.2. The van der Waals surface area contributed by atoms with Gasteiger partial charge in [0, 0.05) is 18.1 Å². The highest BCUT2D eigenvalue weighted by molar-refractivity contribution is 7.89. The van der Waals surface area contributed by atoms with Crippen molar-refractivity contribution < 1.29 is 13.2 Å². The molecule has 120 valence electrons. The summed E-state index contributed by atoms with van der Waals surface area (Å²) in [6.07, 6.45) is 3.47. The van der Waals surface area contributed by atoms with Gasteiger partial charge in [-0.15, -0.1) is 0 Å². The van der Waals surface area contributed by atoms with E-state index >= 15 is 0 Å². The maximum Gasteiger partial charge on any atom is 0.241 e. The second-order valence-corrected chi connectivity index (χ2v) is 7.70. The fourth-order valence-electron chi connectivity index (χ4n) is 2.56. The Morgan fingerprint density at radius 3 is 2.74 bits per heavy atom. The number of fused-ring (bicyclic) bond motifs is 1. The summed E-state index contributed by atoms with van der Waals surface area (Å²) in [7, 11) is -3.72. The van der Waals surface area contributed by atoms with Crippen LogP contribution in [0.15, 0.2) is 47.6 Å². The van der Waals surface area contributed by atoms with Crippen molar-refractivity contribution in [3.63, 3.8) is 0 Å². The second-order valence-electron chi connectivity index (χ2n) is 6.02. The van der Waals surface area contributed by atoms with E-state index in [0.29, 0.717) is 11.3 Å². The summed E-state index contributed by atoms with van der Waals surface area (Å²) in [5.74, 6) is -0.127. The first-order chi connectivity index (χ1) is 10.8. The number of hydrogen-bond donors (Lipinski definition) is 2. The van der Waals surface area contributed by atoms with Crippen LogP contribution in [0.5, 0.6) is 0 Å². The summed E-state index contributed by atoms with van der Waals surface area (Å²) >= 11 is 0. The Kier molecular flexibility index (Phi) is 3.69. The average Bonchev–Trinajstić information content (AvgIpc) is 2.86. The number of benzene rings is 1. The Bertz CT molecular complexity index is 861. The molecule has 1 aromatic heterocycles. The molecule has 23 heavy (non-hydrogen) atoms. The van der Waals surface area contributed by atoms with Gasteiger partial charge in [0.2, 0.25) is 15.9 Å². The largest absolute Gasteiger partial charge is 0.326 e. The fourth-order valence-corrected chi connectivity index (χ4v) is 4.01. The third-order valence-corrected chi connectivity index (χ3v) is 5.44. The number of aromatic nitrogens is 1. The van der Waals surface area contributed by atoms with Gasteiger partial charge in [-0.1, -0.05) is 6.07 Å². The van der Waals surface area contributed by atoms with Crippen LogP contribution in [0.4, 0.5) is 5.69 Å². The molecule has 7 heteroatoms. The van der Waals surface area contributed by atoms with E-state index in [1.54, 1.807) is 38.4 Å². The number of rotatable bonds is 4. The number of nitrogens with one attached hydrogen (secondary N) is 2. The molecule has 2 N–H and O–H groups in total. The minimum atomic E-state index is -3.72. The lowest BCUT2D eigenvalue weighted by atomic mass is 9.98. The lowest BCUT2D eigenvalue weighted by molar-refractivity contribution is -0.115. The normalized spacial score (nSPS) is 14.4. The molecule has 0 saturated heterocycles. The Hall–Kier alpha value is -2.25. The van der Waals surface area contributed by atoms with E-state index < -0.39 is 15.6 Å². The minimum Gasteiger partial charge on any atom is -0.326 e. The predicted octanol–water partition coefficient (Wildman–Crippen LogP) is 1.79. The van der Waals surface area contributed by atoms with Crippen LogP contribution in [0.3, 0.4) is 0 Å². The van der Waals surface area contributed by atoms with E-state index in [1.165, 1.54) is 12.1 Å². The molecule has 1 aliphatic heterocycles. The van der Waals surface area contributed by atoms with Gasteiger partial charge in [-0.2, -0.15) is 0 Å². The Balaban J connectivity index is 1.91. The molecule has 0 saturated carbocycles. The van der Waals surface area contributed by atoms with E-state index in [-0.39, 0.29) is 17.2 Å². The number of nitrogens with zero attached hydrogens (tertiary/aromatic N) is 1. The third kappa shape index (κ3) is 3.11. The van der Waals surface area contributed by atoms with E-state index in [1.807, 2.05) is 6.07 Å². The van der Waals surface area contributed by atoms with Crippen LogP contribution in [-0.2, 0) is 26.8 Å². The molecular formula is C16H17N3O3S. The first-order valence-electron chi connectivity index (χ1n) is 7.15. The molecule has 2 aromatic rings. The monoisotopic (exact) mass is 331 g/mol. The third-order valence-electron chi connectivity index (χ3n) is 3.78. The van der Waals surface area contributed by atoms with Crippen molar-refractivity contribution in [3.05, 3.63) is 53.9 Å². The summed E-state index contributed by atoms with van der Waals surface area (Å²) in [6, 6.07) is 8.23. The average molecular weight is 331 g/mol. The topological polar surface area (TPSA) is 88.2 Å². The lowest BCUT2D eigenvalue weighted by Gasteiger charge is -2.26. The van der Waals surface area contributed by atoms with Crippen LogP contribution < -0.4 is 10.0 Å². The maximum absolute atomic E-state index is 12.7. The molecule has 3 rings (SSSR count). The predicted molar refractivity (Wildman–Crippen MR) is 86.4 cm³/mol. The molecule has 0 unspecified atom stereocenters. The van der Waals surface area contributed by atoms with Gasteiger partial charge in [0.25, 0.3) is 0 Å². The van der Waals surface area contributed by atoms with Crippen molar-refractivity contribution in [1.82, 2.24) is 9.71 Å². The molecule has 1 aromatic carbocycles. The van der Waals surface area contributed by atoms with E-state index in [9.17, 15) is 13.2 Å². The molecule has 1 amide bonds. The number of pyridine rings is 1. The number of amides is 1. The van der Waals surface area contributed by atoms with Crippen molar-refractivity contribution in [1.29, 1.82) is 0 Å². The van der Waals surface area contributed by atoms with Crippen LogP contribution in [-0.4, -0.2) is 19.3 Å². The van der Waals surface area contributed by atoms with Gasteiger partial charge in [-0.05, 0) is 49.2 Å². The molecule has 0 bridgehead atoms. The number of carbonyl (C=O) groups is 1. The summed E-state index contributed by atoms with van der Waals surface area (Å²) in [6.45, 7) is 3.56. The number of carbonyl (C=O) groups excluding carboxylic acids is 1. The highest BCUT2D eigenvalue weighted by Gasteiger charge is 2.29. The Morgan fingerprint density at radius 1 is 1.26 bits per heavy atom. The zero-order valence-electron chi connectivity index (χ0n) is 12.8. The van der Waals surface area contributed by atoms with Crippen LogP contribution >= 0.6 is 0 Å². The van der Waals surface area contributed by atoms with E-state index in [4.69, 9.17) is 0 Å². The van der Waals surface area contributed by atoms with Gasteiger partial charge in [0.05, 0.1) is 16.9 Å². The number of hydrogen-bond acceptors (Lipinski definition) is 4. The van der Waals surface area contributed by atoms with Crippen molar-refractivity contribution in [2.45, 2.75) is 30.7 Å². The minimum absolute atomic E-state index is 0.127. The molecule has 0 radical (unpaired) electrons. The van der Waals surface area contributed by atoms with Crippen LogP contribution in [0, 0.1) is 0 Å². The van der Waals surface area contributed by atoms with Crippen LogP contribution in [0.25, 0.3) is 0 Å². The standard InChI is InChI=1S/C16H17N3O3S/c1-16(2,12-4-3-7-17-10-12)19-23(21,22)13-5-6-14-11(8-13)9-15(20)18-14/h3-8,10,19H,9H2,1-2H3,(H,18,20). The highest BCUT2D eigenvalue weighted by Crippen LogP contribution is 2.27.